The van der Waals surface area contributed by atoms with Crippen LogP contribution in [0.25, 0.3) is 0 Å². The molecule has 2 aromatic rings. The predicted octanol–water partition coefficient (Wildman–Crippen LogP) is 2.92. The third kappa shape index (κ3) is 3.25. The Balaban J connectivity index is 1.87. The van der Waals surface area contributed by atoms with Crippen LogP contribution in [0.3, 0.4) is 0 Å². The van der Waals surface area contributed by atoms with Gasteiger partial charge in [-0.25, -0.2) is 0 Å². The Morgan fingerprint density at radius 3 is 2.70 bits per heavy atom. The summed E-state index contributed by atoms with van der Waals surface area (Å²) in [4.78, 5) is 0. The van der Waals surface area contributed by atoms with Crippen molar-refractivity contribution in [1.82, 2.24) is 4.57 Å². The highest BCUT2D eigenvalue weighted by molar-refractivity contribution is 5.56. The first-order valence-electron chi connectivity index (χ1n) is 7.54. The lowest BCUT2D eigenvalue weighted by Gasteiger charge is -2.16. The third-order valence-corrected chi connectivity index (χ3v) is 3.87. The number of nitrogen functional groups attached to an aromatic ring is 1. The van der Waals surface area contributed by atoms with Crippen molar-refractivity contribution in [2.45, 2.75) is 25.5 Å². The quantitative estimate of drug-likeness (QED) is 0.917. The number of aromatic nitrogens is 1. The lowest BCUT2D eigenvalue weighted by molar-refractivity contribution is 0.0952. The fourth-order valence-electron chi connectivity index (χ4n) is 2.69. The van der Waals surface area contributed by atoms with E-state index in [1.807, 2.05) is 12.1 Å². The van der Waals surface area contributed by atoms with Crippen molar-refractivity contribution < 1.29 is 14.2 Å². The van der Waals surface area contributed by atoms with Gasteiger partial charge in [-0.2, -0.15) is 5.26 Å². The Labute approximate surface area is 135 Å². The molecule has 1 aromatic carbocycles. The van der Waals surface area contributed by atoms with Gasteiger partial charge in [0.05, 0.1) is 25.4 Å². The van der Waals surface area contributed by atoms with E-state index in [4.69, 9.17) is 19.9 Å². The first-order valence-corrected chi connectivity index (χ1v) is 7.54. The highest BCUT2D eigenvalue weighted by Crippen LogP contribution is 2.33. The lowest BCUT2D eigenvalue weighted by Crippen LogP contribution is -2.16. The summed E-state index contributed by atoms with van der Waals surface area (Å²) in [6.45, 7) is 1.32. The molecule has 1 aromatic heterocycles. The van der Waals surface area contributed by atoms with Gasteiger partial charge in [-0.05, 0) is 37.1 Å². The summed E-state index contributed by atoms with van der Waals surface area (Å²) in [7, 11) is 1.61. The van der Waals surface area contributed by atoms with Gasteiger partial charge in [0.2, 0.25) is 5.88 Å². The van der Waals surface area contributed by atoms with Crippen molar-refractivity contribution in [3.8, 4) is 23.4 Å². The van der Waals surface area contributed by atoms with Gasteiger partial charge < -0.3 is 19.9 Å². The Kier molecular flexibility index (Phi) is 4.40. The maximum Gasteiger partial charge on any atom is 0.224 e. The van der Waals surface area contributed by atoms with Crippen LogP contribution in [0.2, 0.25) is 0 Å². The highest BCUT2D eigenvalue weighted by atomic mass is 16.5. The van der Waals surface area contributed by atoms with Gasteiger partial charge in [0.1, 0.15) is 23.3 Å². The zero-order valence-corrected chi connectivity index (χ0v) is 13.0. The number of anilines is 1. The van der Waals surface area contributed by atoms with E-state index in [0.717, 1.165) is 25.2 Å². The molecule has 3 rings (SSSR count). The van der Waals surface area contributed by atoms with Gasteiger partial charge in [-0.1, -0.05) is 0 Å². The molecule has 1 saturated heterocycles. The van der Waals surface area contributed by atoms with Crippen LogP contribution >= 0.6 is 0 Å². The SMILES string of the molecule is COc1ccc(Oc2c(N)cc(C#N)n2C[C@H]2CCCO2)cc1. The van der Waals surface area contributed by atoms with Crippen molar-refractivity contribution in [1.29, 1.82) is 5.26 Å². The molecular formula is C17H19N3O3. The van der Waals surface area contributed by atoms with Gasteiger partial charge in [-0.3, -0.25) is 4.57 Å². The molecular weight excluding hydrogens is 294 g/mol. The molecule has 0 spiro atoms. The van der Waals surface area contributed by atoms with E-state index in [1.54, 1.807) is 29.9 Å². The number of nitriles is 1. The van der Waals surface area contributed by atoms with Crippen molar-refractivity contribution in [2.75, 3.05) is 19.5 Å². The van der Waals surface area contributed by atoms with E-state index in [2.05, 4.69) is 6.07 Å². The van der Waals surface area contributed by atoms with Crippen molar-refractivity contribution in [3.05, 3.63) is 36.0 Å². The Hall–Kier alpha value is -2.65. The summed E-state index contributed by atoms with van der Waals surface area (Å²) in [5.41, 5.74) is 6.95. The molecule has 0 aliphatic carbocycles. The number of methoxy groups -OCH3 is 1. The van der Waals surface area contributed by atoms with Gasteiger partial charge in [0.15, 0.2) is 0 Å². The number of benzene rings is 1. The molecule has 120 valence electrons. The minimum atomic E-state index is 0.0899. The van der Waals surface area contributed by atoms with Crippen LogP contribution < -0.4 is 15.2 Å². The van der Waals surface area contributed by atoms with E-state index in [9.17, 15) is 5.26 Å². The average Bonchev–Trinajstić information content (AvgIpc) is 3.18. The number of hydrogen-bond acceptors (Lipinski definition) is 5. The molecule has 0 unspecified atom stereocenters. The predicted molar refractivity (Wildman–Crippen MR) is 85.6 cm³/mol. The summed E-state index contributed by atoms with van der Waals surface area (Å²) >= 11 is 0. The number of rotatable bonds is 5. The smallest absolute Gasteiger partial charge is 0.224 e. The zero-order chi connectivity index (χ0) is 16.2. The number of hydrogen-bond donors (Lipinski definition) is 1. The second-order valence-electron chi connectivity index (χ2n) is 5.43. The summed E-state index contributed by atoms with van der Waals surface area (Å²) in [5, 5.41) is 9.33. The molecule has 0 bridgehead atoms. The molecule has 23 heavy (non-hydrogen) atoms. The Bertz CT molecular complexity index is 710. The lowest BCUT2D eigenvalue weighted by atomic mass is 10.2. The Morgan fingerprint density at radius 2 is 2.09 bits per heavy atom. The third-order valence-electron chi connectivity index (χ3n) is 3.87. The molecule has 0 saturated carbocycles. The van der Waals surface area contributed by atoms with Crippen LogP contribution in [0, 0.1) is 11.3 Å². The van der Waals surface area contributed by atoms with Crippen molar-refractivity contribution in [2.24, 2.45) is 0 Å². The van der Waals surface area contributed by atoms with Gasteiger partial charge in [-0.15, -0.1) is 0 Å². The fourth-order valence-corrected chi connectivity index (χ4v) is 2.69. The van der Waals surface area contributed by atoms with Crippen LogP contribution in [0.15, 0.2) is 30.3 Å². The first-order chi connectivity index (χ1) is 11.2. The topological polar surface area (TPSA) is 82.4 Å². The summed E-state index contributed by atoms with van der Waals surface area (Å²) < 4.78 is 18.5. The molecule has 1 aliphatic heterocycles. The van der Waals surface area contributed by atoms with Crippen molar-refractivity contribution in [3.63, 3.8) is 0 Å². The zero-order valence-electron chi connectivity index (χ0n) is 13.0. The average molecular weight is 313 g/mol. The fraction of sp³-hybridized carbons (Fsp3) is 0.353. The van der Waals surface area contributed by atoms with E-state index in [-0.39, 0.29) is 6.10 Å². The maximum atomic E-state index is 9.33. The minimum Gasteiger partial charge on any atom is -0.497 e. The molecule has 1 atom stereocenters. The number of ether oxygens (including phenoxy) is 3. The standard InChI is InChI=1S/C17H19N3O3/c1-21-13-4-6-14(7-5-13)23-17-16(19)9-12(10-18)20(17)11-15-3-2-8-22-15/h4-7,9,15H,2-3,8,11,19H2,1H3/t15-/m1/s1. The monoisotopic (exact) mass is 313 g/mol. The molecule has 2 heterocycles. The molecule has 1 fully saturated rings. The van der Waals surface area contributed by atoms with E-state index in [1.165, 1.54) is 0 Å². The largest absolute Gasteiger partial charge is 0.497 e. The van der Waals surface area contributed by atoms with Crippen molar-refractivity contribution >= 4 is 5.69 Å². The van der Waals surface area contributed by atoms with Crippen LogP contribution in [-0.4, -0.2) is 24.4 Å². The van der Waals surface area contributed by atoms with Crippen LogP contribution in [0.1, 0.15) is 18.5 Å². The summed E-state index contributed by atoms with van der Waals surface area (Å²) in [6.07, 6.45) is 2.11. The van der Waals surface area contributed by atoms with E-state index in [0.29, 0.717) is 29.6 Å². The molecule has 0 amide bonds. The summed E-state index contributed by atoms with van der Waals surface area (Å²) in [6, 6.07) is 11.0. The normalized spacial score (nSPS) is 17.0. The van der Waals surface area contributed by atoms with E-state index >= 15 is 0 Å². The van der Waals surface area contributed by atoms with Crippen LogP contribution in [-0.2, 0) is 11.3 Å². The Morgan fingerprint density at radius 1 is 1.35 bits per heavy atom. The van der Waals surface area contributed by atoms with Crippen LogP contribution in [0.5, 0.6) is 17.4 Å². The highest BCUT2D eigenvalue weighted by Gasteiger charge is 2.22. The number of nitrogens with zero attached hydrogens (tertiary/aromatic N) is 2. The second kappa shape index (κ2) is 6.63. The molecule has 2 N–H and O–H groups in total. The van der Waals surface area contributed by atoms with E-state index < -0.39 is 0 Å². The van der Waals surface area contributed by atoms with Gasteiger partial charge in [0.25, 0.3) is 0 Å². The minimum absolute atomic E-state index is 0.0899. The van der Waals surface area contributed by atoms with Crippen LogP contribution in [0.4, 0.5) is 5.69 Å². The second-order valence-corrected chi connectivity index (χ2v) is 5.43. The first kappa shape index (κ1) is 15.3. The molecule has 0 radical (unpaired) electrons. The molecule has 1 aliphatic rings. The summed E-state index contributed by atoms with van der Waals surface area (Å²) in [5.74, 6) is 1.86. The number of nitrogens with two attached hydrogens (primary N) is 1. The van der Waals surface area contributed by atoms with Gasteiger partial charge >= 0.3 is 0 Å². The maximum absolute atomic E-state index is 9.33. The molecule has 6 nitrogen and oxygen atoms in total. The van der Waals surface area contributed by atoms with Gasteiger partial charge in [0, 0.05) is 12.7 Å². The molecule has 6 heteroatoms.